The molecule has 2 N–H and O–H groups in total. The van der Waals surface area contributed by atoms with Crippen LogP contribution in [0.5, 0.6) is 0 Å². The Bertz CT molecular complexity index is 717. The Morgan fingerprint density at radius 3 is 2.39 bits per heavy atom. The fraction of sp³-hybridized carbons (Fsp3) is 0.400. The predicted octanol–water partition coefficient (Wildman–Crippen LogP) is 2.54. The maximum absolute atomic E-state index is 13.7. The van der Waals surface area contributed by atoms with E-state index in [4.69, 9.17) is 0 Å². The summed E-state index contributed by atoms with van der Waals surface area (Å²) in [6.45, 7) is 3.30. The highest BCUT2D eigenvalue weighted by Gasteiger charge is 2.37. The third kappa shape index (κ3) is 7.09. The number of unbranched alkanes of at least 4 members (excludes halogenated alkanes) is 1. The van der Waals surface area contributed by atoms with Crippen LogP contribution in [0.25, 0.3) is 0 Å². The predicted molar refractivity (Wildman–Crippen MR) is 99.8 cm³/mol. The quantitative estimate of drug-likeness (QED) is 0.362. The van der Waals surface area contributed by atoms with Gasteiger partial charge in [0.1, 0.15) is 17.2 Å². The first-order valence-electron chi connectivity index (χ1n) is 8.85. The molecule has 0 saturated heterocycles. The molecule has 1 aromatic carbocycles. The molecule has 1 rings (SSSR count). The van der Waals surface area contributed by atoms with E-state index >= 15 is 0 Å². The fourth-order valence-corrected chi connectivity index (χ4v) is 2.36. The Hall–Kier alpha value is -2.77. The van der Waals surface area contributed by atoms with Crippen LogP contribution >= 0.6 is 0 Å². The SMILES string of the molecule is CCC/C=C/C(=O)N[C@](C)(C(=O)NC[CH]CC(=O)OC)c1cc(F)cc(F)c1. The second-order valence-corrected chi connectivity index (χ2v) is 6.24. The van der Waals surface area contributed by atoms with E-state index in [1.165, 1.54) is 26.5 Å². The van der Waals surface area contributed by atoms with Gasteiger partial charge in [0.2, 0.25) is 11.8 Å². The normalized spacial score (nSPS) is 13.0. The summed E-state index contributed by atoms with van der Waals surface area (Å²) in [5.41, 5.74) is -1.77. The van der Waals surface area contributed by atoms with Gasteiger partial charge < -0.3 is 15.4 Å². The van der Waals surface area contributed by atoms with Crippen molar-refractivity contribution in [2.75, 3.05) is 13.7 Å². The molecule has 0 fully saturated rings. The second-order valence-electron chi connectivity index (χ2n) is 6.24. The van der Waals surface area contributed by atoms with Crippen molar-refractivity contribution in [2.45, 2.75) is 38.6 Å². The molecular weight excluding hydrogens is 370 g/mol. The highest BCUT2D eigenvalue weighted by atomic mass is 19.1. The zero-order chi connectivity index (χ0) is 21.2. The summed E-state index contributed by atoms with van der Waals surface area (Å²) in [7, 11) is 1.24. The number of nitrogens with one attached hydrogen (secondary N) is 2. The molecule has 2 amide bonds. The van der Waals surface area contributed by atoms with E-state index in [0.29, 0.717) is 12.5 Å². The molecule has 1 atom stereocenters. The second kappa shape index (κ2) is 11.2. The van der Waals surface area contributed by atoms with E-state index < -0.39 is 35.0 Å². The van der Waals surface area contributed by atoms with Gasteiger partial charge in [0.05, 0.1) is 13.5 Å². The lowest BCUT2D eigenvalue weighted by Crippen LogP contribution is -2.54. The molecule has 0 spiro atoms. The van der Waals surface area contributed by atoms with E-state index in [1.807, 2.05) is 6.92 Å². The van der Waals surface area contributed by atoms with Crippen LogP contribution in [0.2, 0.25) is 0 Å². The van der Waals surface area contributed by atoms with Crippen molar-refractivity contribution in [2.24, 2.45) is 0 Å². The maximum Gasteiger partial charge on any atom is 0.305 e. The largest absolute Gasteiger partial charge is 0.469 e. The maximum atomic E-state index is 13.7. The standard InChI is InChI=1S/C20H25F2N2O4/c1-4-5-6-8-17(25)24-20(2,14-11-15(21)13-16(22)12-14)19(27)23-10-7-9-18(26)28-3/h6-8,11-13H,4-5,9-10H2,1-3H3,(H,23,27)(H,24,25)/b8-6+/t20-/m0/s1. The van der Waals surface area contributed by atoms with E-state index in [9.17, 15) is 23.2 Å². The van der Waals surface area contributed by atoms with Crippen molar-refractivity contribution in [3.63, 3.8) is 0 Å². The van der Waals surface area contributed by atoms with Gasteiger partial charge in [-0.2, -0.15) is 0 Å². The van der Waals surface area contributed by atoms with Crippen LogP contribution in [-0.2, 0) is 24.7 Å². The van der Waals surface area contributed by atoms with Gasteiger partial charge in [-0.15, -0.1) is 0 Å². The Kier molecular flexibility index (Phi) is 9.27. The molecular formula is C20H25F2N2O4. The molecule has 0 heterocycles. The molecule has 0 bridgehead atoms. The molecule has 0 aromatic heterocycles. The average Bonchev–Trinajstić information content (AvgIpc) is 2.64. The Morgan fingerprint density at radius 1 is 1.18 bits per heavy atom. The molecule has 28 heavy (non-hydrogen) atoms. The van der Waals surface area contributed by atoms with Crippen molar-refractivity contribution in [3.05, 3.63) is 54.0 Å². The van der Waals surface area contributed by atoms with Gasteiger partial charge in [-0.1, -0.05) is 19.4 Å². The molecule has 0 saturated carbocycles. The molecule has 0 aliphatic heterocycles. The van der Waals surface area contributed by atoms with E-state index in [-0.39, 0.29) is 18.5 Å². The summed E-state index contributed by atoms with van der Waals surface area (Å²) < 4.78 is 31.9. The minimum Gasteiger partial charge on any atom is -0.469 e. The molecule has 0 aliphatic rings. The molecule has 0 unspecified atom stereocenters. The van der Waals surface area contributed by atoms with Crippen LogP contribution in [0.15, 0.2) is 30.4 Å². The Balaban J connectivity index is 3.01. The number of esters is 1. The zero-order valence-electron chi connectivity index (χ0n) is 16.2. The summed E-state index contributed by atoms with van der Waals surface area (Å²) in [5.74, 6) is -3.48. The first-order chi connectivity index (χ1) is 13.2. The van der Waals surface area contributed by atoms with Gasteiger partial charge in [-0.05, 0) is 43.5 Å². The summed E-state index contributed by atoms with van der Waals surface area (Å²) in [6.07, 6.45) is 5.88. The number of hydrogen-bond acceptors (Lipinski definition) is 4. The summed E-state index contributed by atoms with van der Waals surface area (Å²) >= 11 is 0. The summed E-state index contributed by atoms with van der Waals surface area (Å²) in [5, 5.41) is 5.03. The first kappa shape index (κ1) is 23.3. The minimum atomic E-state index is -1.73. The number of amides is 2. The average molecular weight is 395 g/mol. The zero-order valence-corrected chi connectivity index (χ0v) is 16.2. The van der Waals surface area contributed by atoms with Gasteiger partial charge in [-0.3, -0.25) is 14.4 Å². The van der Waals surface area contributed by atoms with Crippen LogP contribution in [0.3, 0.4) is 0 Å². The number of rotatable bonds is 10. The molecule has 8 heteroatoms. The van der Waals surface area contributed by atoms with Crippen LogP contribution < -0.4 is 10.6 Å². The number of halogens is 2. The topological polar surface area (TPSA) is 84.5 Å². The van der Waals surface area contributed by atoms with Crippen molar-refractivity contribution >= 4 is 17.8 Å². The lowest BCUT2D eigenvalue weighted by Gasteiger charge is -2.30. The van der Waals surface area contributed by atoms with Gasteiger partial charge in [0, 0.05) is 12.6 Å². The van der Waals surface area contributed by atoms with E-state index in [0.717, 1.165) is 18.6 Å². The lowest BCUT2D eigenvalue weighted by atomic mass is 9.90. The number of carbonyl (C=O) groups is 3. The highest BCUT2D eigenvalue weighted by Crippen LogP contribution is 2.23. The van der Waals surface area contributed by atoms with E-state index in [2.05, 4.69) is 15.4 Å². The number of methoxy groups -OCH3 is 1. The van der Waals surface area contributed by atoms with Crippen LogP contribution in [0.4, 0.5) is 8.78 Å². The number of carbonyl (C=O) groups excluding carboxylic acids is 3. The van der Waals surface area contributed by atoms with Gasteiger partial charge >= 0.3 is 5.97 Å². The van der Waals surface area contributed by atoms with Gasteiger partial charge in [0.25, 0.3) is 0 Å². The third-order valence-electron chi connectivity index (χ3n) is 3.94. The molecule has 1 aromatic rings. The fourth-order valence-electron chi connectivity index (χ4n) is 2.36. The lowest BCUT2D eigenvalue weighted by molar-refractivity contribution is -0.140. The van der Waals surface area contributed by atoms with E-state index in [1.54, 1.807) is 6.08 Å². The molecule has 153 valence electrons. The number of hydrogen-bond donors (Lipinski definition) is 2. The minimum absolute atomic E-state index is 0.00284. The van der Waals surface area contributed by atoms with Crippen LogP contribution in [0.1, 0.15) is 38.7 Å². The van der Waals surface area contributed by atoms with Crippen molar-refractivity contribution in [1.82, 2.24) is 10.6 Å². The van der Waals surface area contributed by atoms with Crippen LogP contribution in [-0.4, -0.2) is 31.4 Å². The number of allylic oxidation sites excluding steroid dienone is 1. The molecule has 6 nitrogen and oxygen atoms in total. The van der Waals surface area contributed by atoms with Crippen molar-refractivity contribution < 1.29 is 27.9 Å². The molecule has 0 aliphatic carbocycles. The van der Waals surface area contributed by atoms with Gasteiger partial charge in [-0.25, -0.2) is 8.78 Å². The Morgan fingerprint density at radius 2 is 1.82 bits per heavy atom. The third-order valence-corrected chi connectivity index (χ3v) is 3.94. The first-order valence-corrected chi connectivity index (χ1v) is 8.85. The Labute approximate surface area is 163 Å². The highest BCUT2D eigenvalue weighted by molar-refractivity contribution is 5.96. The van der Waals surface area contributed by atoms with Crippen molar-refractivity contribution in [3.8, 4) is 0 Å². The summed E-state index contributed by atoms with van der Waals surface area (Å²) in [4.78, 5) is 36.0. The summed E-state index contributed by atoms with van der Waals surface area (Å²) in [6, 6.07) is 2.64. The van der Waals surface area contributed by atoms with Crippen molar-refractivity contribution in [1.29, 1.82) is 0 Å². The number of ether oxygens (including phenoxy) is 1. The van der Waals surface area contributed by atoms with Gasteiger partial charge in [0.15, 0.2) is 0 Å². The molecule has 1 radical (unpaired) electrons. The number of benzene rings is 1. The van der Waals surface area contributed by atoms with Crippen LogP contribution in [0, 0.1) is 18.1 Å². The smallest absolute Gasteiger partial charge is 0.305 e. The monoisotopic (exact) mass is 395 g/mol.